The van der Waals surface area contributed by atoms with Crippen LogP contribution in [-0.4, -0.2) is 41.1 Å². The second-order valence-electron chi connectivity index (χ2n) is 6.21. The Bertz CT molecular complexity index is 784. The number of carbonyl (C=O) groups is 1. The molecular formula is C17H22ClN5O2. The van der Waals surface area contributed by atoms with Gasteiger partial charge in [-0.25, -0.2) is 4.68 Å². The number of benzene rings is 1. The van der Waals surface area contributed by atoms with Gasteiger partial charge in [0.05, 0.1) is 24.5 Å². The van der Waals surface area contributed by atoms with E-state index in [2.05, 4.69) is 20.9 Å². The largest absolute Gasteiger partial charge is 0.495 e. The summed E-state index contributed by atoms with van der Waals surface area (Å²) in [7, 11) is 1.54. The Balaban J connectivity index is 1.82. The standard InChI is InChI=1S/C17H22ClN5O2/c1-10-8-14(15(25-3)9-13(10)18)20-17(24)16-11(2)23(22-21-16)12-4-6-19-7-5-12/h8-9,12,19H,4-7H2,1-3H3,(H,20,24). The Morgan fingerprint density at radius 3 is 2.76 bits per heavy atom. The monoisotopic (exact) mass is 363 g/mol. The molecule has 0 radical (unpaired) electrons. The number of hydrogen-bond acceptors (Lipinski definition) is 5. The van der Waals surface area contributed by atoms with Crippen LogP contribution in [0, 0.1) is 13.8 Å². The van der Waals surface area contributed by atoms with Crippen molar-refractivity contribution in [3.8, 4) is 5.75 Å². The van der Waals surface area contributed by atoms with Crippen molar-refractivity contribution < 1.29 is 9.53 Å². The van der Waals surface area contributed by atoms with Crippen molar-refractivity contribution in [3.63, 3.8) is 0 Å². The minimum absolute atomic E-state index is 0.280. The summed E-state index contributed by atoms with van der Waals surface area (Å²) < 4.78 is 7.16. The number of halogens is 1. The van der Waals surface area contributed by atoms with Crippen molar-refractivity contribution in [1.82, 2.24) is 20.3 Å². The third-order valence-corrected chi connectivity index (χ3v) is 4.93. The van der Waals surface area contributed by atoms with E-state index in [1.807, 2.05) is 18.5 Å². The Morgan fingerprint density at radius 1 is 1.36 bits per heavy atom. The van der Waals surface area contributed by atoms with E-state index >= 15 is 0 Å². The molecule has 8 heteroatoms. The van der Waals surface area contributed by atoms with Crippen LogP contribution >= 0.6 is 11.6 Å². The van der Waals surface area contributed by atoms with Gasteiger partial charge in [-0.2, -0.15) is 0 Å². The average Bonchev–Trinajstić information content (AvgIpc) is 3.00. The molecule has 1 aromatic carbocycles. The SMILES string of the molecule is COc1cc(Cl)c(C)cc1NC(=O)c1nnn(C2CCNCC2)c1C. The lowest BCUT2D eigenvalue weighted by Gasteiger charge is -2.23. The first kappa shape index (κ1) is 17.7. The fourth-order valence-electron chi connectivity index (χ4n) is 3.06. The quantitative estimate of drug-likeness (QED) is 0.872. The van der Waals surface area contributed by atoms with Crippen LogP contribution in [0.1, 0.15) is 40.6 Å². The van der Waals surface area contributed by atoms with Crippen LogP contribution in [0.25, 0.3) is 0 Å². The number of carbonyl (C=O) groups excluding carboxylic acids is 1. The third kappa shape index (κ3) is 3.62. The van der Waals surface area contributed by atoms with Gasteiger partial charge in [-0.1, -0.05) is 16.8 Å². The normalized spacial score (nSPS) is 15.2. The second kappa shape index (κ2) is 7.41. The summed E-state index contributed by atoms with van der Waals surface area (Å²) in [5.74, 6) is 0.199. The predicted octanol–water partition coefficient (Wildman–Crippen LogP) is 2.73. The molecular weight excluding hydrogens is 342 g/mol. The van der Waals surface area contributed by atoms with Gasteiger partial charge in [0.2, 0.25) is 0 Å². The van der Waals surface area contributed by atoms with Crippen LogP contribution in [0.5, 0.6) is 5.75 Å². The second-order valence-corrected chi connectivity index (χ2v) is 6.61. The molecule has 0 atom stereocenters. The molecule has 134 valence electrons. The van der Waals surface area contributed by atoms with E-state index in [0.717, 1.165) is 37.2 Å². The molecule has 1 aliphatic rings. The lowest BCUT2D eigenvalue weighted by atomic mass is 10.1. The molecule has 7 nitrogen and oxygen atoms in total. The number of anilines is 1. The number of aromatic nitrogens is 3. The first-order valence-corrected chi connectivity index (χ1v) is 8.67. The molecule has 2 aromatic rings. The summed E-state index contributed by atoms with van der Waals surface area (Å²) in [6, 6.07) is 3.75. The lowest BCUT2D eigenvalue weighted by molar-refractivity contribution is 0.102. The van der Waals surface area contributed by atoms with Crippen molar-refractivity contribution >= 4 is 23.2 Å². The zero-order valence-corrected chi connectivity index (χ0v) is 15.4. The molecule has 2 heterocycles. The van der Waals surface area contributed by atoms with Crippen LogP contribution < -0.4 is 15.4 Å². The maximum Gasteiger partial charge on any atom is 0.278 e. The minimum atomic E-state index is -0.308. The van der Waals surface area contributed by atoms with Crippen LogP contribution in [-0.2, 0) is 0 Å². The van der Waals surface area contributed by atoms with Gasteiger partial charge >= 0.3 is 0 Å². The molecule has 1 aliphatic heterocycles. The highest BCUT2D eigenvalue weighted by molar-refractivity contribution is 6.31. The van der Waals surface area contributed by atoms with Crippen molar-refractivity contribution in [2.75, 3.05) is 25.5 Å². The van der Waals surface area contributed by atoms with Crippen LogP contribution in [0.4, 0.5) is 5.69 Å². The zero-order chi connectivity index (χ0) is 18.0. The summed E-state index contributed by atoms with van der Waals surface area (Å²) >= 11 is 6.11. The number of amides is 1. The number of ether oxygens (including phenoxy) is 1. The number of rotatable bonds is 4. The Hall–Kier alpha value is -2.12. The van der Waals surface area contributed by atoms with Gasteiger partial charge in [0.25, 0.3) is 5.91 Å². The van der Waals surface area contributed by atoms with Crippen LogP contribution in [0.2, 0.25) is 5.02 Å². The molecule has 2 N–H and O–H groups in total. The van der Waals surface area contributed by atoms with E-state index in [1.54, 1.807) is 12.1 Å². The van der Waals surface area contributed by atoms with E-state index < -0.39 is 0 Å². The summed E-state index contributed by atoms with van der Waals surface area (Å²) in [5.41, 5.74) is 2.51. The summed E-state index contributed by atoms with van der Waals surface area (Å²) in [5, 5.41) is 15.1. The number of methoxy groups -OCH3 is 1. The highest BCUT2D eigenvalue weighted by Gasteiger charge is 2.23. The molecule has 0 bridgehead atoms. The molecule has 0 spiro atoms. The van der Waals surface area contributed by atoms with Crippen molar-refractivity contribution in [3.05, 3.63) is 34.1 Å². The summed E-state index contributed by atoms with van der Waals surface area (Å²) in [4.78, 5) is 12.7. The van der Waals surface area contributed by atoms with Crippen molar-refractivity contribution in [2.45, 2.75) is 32.7 Å². The number of piperidine rings is 1. The molecule has 1 amide bonds. The summed E-state index contributed by atoms with van der Waals surface area (Å²) in [6.45, 7) is 5.65. The molecule has 0 saturated carbocycles. The molecule has 1 saturated heterocycles. The van der Waals surface area contributed by atoms with Gasteiger partial charge in [-0.15, -0.1) is 5.10 Å². The number of hydrogen-bond donors (Lipinski definition) is 2. The van der Waals surface area contributed by atoms with E-state index in [9.17, 15) is 4.79 Å². The number of nitrogens with one attached hydrogen (secondary N) is 2. The first-order chi connectivity index (χ1) is 12.0. The summed E-state index contributed by atoms with van der Waals surface area (Å²) in [6.07, 6.45) is 1.96. The molecule has 3 rings (SSSR count). The fraction of sp³-hybridized carbons (Fsp3) is 0.471. The fourth-order valence-corrected chi connectivity index (χ4v) is 3.21. The average molecular weight is 364 g/mol. The Morgan fingerprint density at radius 2 is 2.08 bits per heavy atom. The van der Waals surface area contributed by atoms with E-state index in [4.69, 9.17) is 16.3 Å². The molecule has 1 aromatic heterocycles. The van der Waals surface area contributed by atoms with Gasteiger partial charge in [0, 0.05) is 11.1 Å². The minimum Gasteiger partial charge on any atom is -0.495 e. The van der Waals surface area contributed by atoms with E-state index in [1.165, 1.54) is 7.11 Å². The molecule has 1 fully saturated rings. The molecule has 0 aliphatic carbocycles. The molecule has 0 unspecified atom stereocenters. The van der Waals surface area contributed by atoms with E-state index in [0.29, 0.717) is 22.2 Å². The molecule has 25 heavy (non-hydrogen) atoms. The Labute approximate surface area is 151 Å². The van der Waals surface area contributed by atoms with Crippen LogP contribution in [0.3, 0.4) is 0 Å². The van der Waals surface area contributed by atoms with E-state index in [-0.39, 0.29) is 11.9 Å². The van der Waals surface area contributed by atoms with Gasteiger partial charge in [0.1, 0.15) is 5.75 Å². The van der Waals surface area contributed by atoms with Gasteiger partial charge in [0.15, 0.2) is 5.69 Å². The number of nitrogens with zero attached hydrogens (tertiary/aromatic N) is 3. The van der Waals surface area contributed by atoms with Gasteiger partial charge < -0.3 is 15.4 Å². The maximum absolute atomic E-state index is 12.7. The van der Waals surface area contributed by atoms with Crippen molar-refractivity contribution in [1.29, 1.82) is 0 Å². The van der Waals surface area contributed by atoms with Crippen LogP contribution in [0.15, 0.2) is 12.1 Å². The van der Waals surface area contributed by atoms with Gasteiger partial charge in [-0.05, 0) is 51.4 Å². The highest BCUT2D eigenvalue weighted by atomic mass is 35.5. The zero-order valence-electron chi connectivity index (χ0n) is 14.6. The first-order valence-electron chi connectivity index (χ1n) is 8.29. The Kier molecular flexibility index (Phi) is 5.24. The third-order valence-electron chi connectivity index (χ3n) is 4.53. The van der Waals surface area contributed by atoms with Crippen molar-refractivity contribution in [2.24, 2.45) is 0 Å². The lowest BCUT2D eigenvalue weighted by Crippen LogP contribution is -2.30. The predicted molar refractivity (Wildman–Crippen MR) is 96.6 cm³/mol. The highest BCUT2D eigenvalue weighted by Crippen LogP contribution is 2.31. The topological polar surface area (TPSA) is 81.1 Å². The smallest absolute Gasteiger partial charge is 0.278 e. The maximum atomic E-state index is 12.7. The van der Waals surface area contributed by atoms with Gasteiger partial charge in [-0.3, -0.25) is 4.79 Å². The number of aryl methyl sites for hydroxylation is 1.